The first kappa shape index (κ1) is 16.6. The van der Waals surface area contributed by atoms with Crippen LogP contribution >= 0.6 is 0 Å². The normalized spacial score (nSPS) is 19.8. The maximum Gasteiger partial charge on any atom is 0.254 e. The van der Waals surface area contributed by atoms with Crippen molar-refractivity contribution in [2.45, 2.75) is 25.3 Å². The van der Waals surface area contributed by atoms with Gasteiger partial charge >= 0.3 is 0 Å². The molecule has 0 unspecified atom stereocenters. The van der Waals surface area contributed by atoms with E-state index < -0.39 is 0 Å². The second kappa shape index (κ2) is 6.89. The standard InChI is InChI=1S/C22H24N2O3/c25-22(18-6-7-20-21(14-18)27-15-26-20)24-9-3-8-23(10-11-24)19-12-16-4-1-2-5-17(16)13-19/h1-2,4-7,14,19H,3,8-13,15H2. The minimum Gasteiger partial charge on any atom is -0.454 e. The van der Waals surface area contributed by atoms with Crippen LogP contribution in [0.3, 0.4) is 0 Å². The fraction of sp³-hybridized carbons (Fsp3) is 0.409. The van der Waals surface area contributed by atoms with E-state index in [-0.39, 0.29) is 12.7 Å². The van der Waals surface area contributed by atoms with Crippen molar-refractivity contribution in [2.24, 2.45) is 0 Å². The molecule has 0 aromatic heterocycles. The van der Waals surface area contributed by atoms with Crippen LogP contribution in [0, 0.1) is 0 Å². The van der Waals surface area contributed by atoms with E-state index in [4.69, 9.17) is 9.47 Å². The number of fused-ring (bicyclic) bond motifs is 2. The zero-order valence-corrected chi connectivity index (χ0v) is 15.4. The molecule has 5 rings (SSSR count). The molecule has 0 N–H and O–H groups in total. The van der Waals surface area contributed by atoms with Gasteiger partial charge in [0, 0.05) is 37.8 Å². The number of hydrogen-bond donors (Lipinski definition) is 0. The molecule has 0 bridgehead atoms. The minimum atomic E-state index is 0.0878. The lowest BCUT2D eigenvalue weighted by molar-refractivity contribution is 0.0758. The first-order valence-electron chi connectivity index (χ1n) is 9.78. The Morgan fingerprint density at radius 3 is 2.48 bits per heavy atom. The van der Waals surface area contributed by atoms with Crippen LogP contribution < -0.4 is 9.47 Å². The van der Waals surface area contributed by atoms with E-state index in [0.29, 0.717) is 17.4 Å². The maximum absolute atomic E-state index is 13.0. The van der Waals surface area contributed by atoms with Gasteiger partial charge < -0.3 is 14.4 Å². The van der Waals surface area contributed by atoms with Gasteiger partial charge in [-0.1, -0.05) is 24.3 Å². The summed E-state index contributed by atoms with van der Waals surface area (Å²) in [7, 11) is 0. The third-order valence-electron chi connectivity index (χ3n) is 5.98. The largest absolute Gasteiger partial charge is 0.454 e. The Labute approximate surface area is 159 Å². The topological polar surface area (TPSA) is 42.0 Å². The van der Waals surface area contributed by atoms with Crippen molar-refractivity contribution >= 4 is 5.91 Å². The van der Waals surface area contributed by atoms with Crippen LogP contribution in [0.2, 0.25) is 0 Å². The van der Waals surface area contributed by atoms with E-state index in [1.54, 1.807) is 6.07 Å². The predicted octanol–water partition coefficient (Wildman–Crippen LogP) is 2.73. The summed E-state index contributed by atoms with van der Waals surface area (Å²) in [6.07, 6.45) is 3.28. The molecule has 140 valence electrons. The number of hydrogen-bond acceptors (Lipinski definition) is 4. The Hall–Kier alpha value is -2.53. The van der Waals surface area contributed by atoms with Crippen molar-refractivity contribution < 1.29 is 14.3 Å². The Kier molecular flexibility index (Phi) is 4.24. The van der Waals surface area contributed by atoms with Gasteiger partial charge in [-0.05, 0) is 48.6 Å². The number of amides is 1. The van der Waals surface area contributed by atoms with Gasteiger partial charge in [-0.3, -0.25) is 9.69 Å². The summed E-state index contributed by atoms with van der Waals surface area (Å²) in [5.74, 6) is 1.47. The molecule has 2 heterocycles. The van der Waals surface area contributed by atoms with Crippen molar-refractivity contribution in [3.63, 3.8) is 0 Å². The Bertz CT molecular complexity index is 841. The smallest absolute Gasteiger partial charge is 0.254 e. The molecule has 0 radical (unpaired) electrons. The van der Waals surface area contributed by atoms with E-state index in [2.05, 4.69) is 29.2 Å². The number of benzene rings is 2. The lowest BCUT2D eigenvalue weighted by Gasteiger charge is -2.27. The molecular weight excluding hydrogens is 340 g/mol. The highest BCUT2D eigenvalue weighted by Crippen LogP contribution is 2.33. The summed E-state index contributed by atoms with van der Waals surface area (Å²) in [4.78, 5) is 17.5. The first-order valence-corrected chi connectivity index (χ1v) is 9.78. The van der Waals surface area contributed by atoms with Gasteiger partial charge in [-0.15, -0.1) is 0 Å². The van der Waals surface area contributed by atoms with E-state index >= 15 is 0 Å². The first-order chi connectivity index (χ1) is 13.3. The summed E-state index contributed by atoms with van der Waals surface area (Å²) in [6, 6.07) is 14.8. The molecule has 2 aliphatic heterocycles. The third-order valence-corrected chi connectivity index (χ3v) is 5.98. The van der Waals surface area contributed by atoms with Crippen molar-refractivity contribution in [1.29, 1.82) is 0 Å². The zero-order chi connectivity index (χ0) is 18.2. The van der Waals surface area contributed by atoms with Crippen LogP contribution in [0.25, 0.3) is 0 Å². The number of nitrogens with zero attached hydrogens (tertiary/aromatic N) is 2. The Morgan fingerprint density at radius 2 is 1.67 bits per heavy atom. The molecular formula is C22H24N2O3. The summed E-state index contributed by atoms with van der Waals surface area (Å²) in [6.45, 7) is 3.82. The van der Waals surface area contributed by atoms with E-state index in [1.807, 2.05) is 17.0 Å². The van der Waals surface area contributed by atoms with E-state index in [1.165, 1.54) is 11.1 Å². The van der Waals surface area contributed by atoms with Gasteiger partial charge in [0.05, 0.1) is 0 Å². The van der Waals surface area contributed by atoms with Gasteiger partial charge in [-0.25, -0.2) is 0 Å². The Balaban J connectivity index is 1.24. The third kappa shape index (κ3) is 3.16. The van der Waals surface area contributed by atoms with E-state index in [9.17, 15) is 4.79 Å². The number of rotatable bonds is 2. The molecule has 3 aliphatic rings. The molecule has 27 heavy (non-hydrogen) atoms. The van der Waals surface area contributed by atoms with Crippen LogP contribution in [-0.4, -0.2) is 54.7 Å². The highest BCUT2D eigenvalue weighted by Gasteiger charge is 2.29. The lowest BCUT2D eigenvalue weighted by atomic mass is 10.1. The van der Waals surface area contributed by atoms with Crippen molar-refractivity contribution in [3.05, 3.63) is 59.2 Å². The molecule has 2 aromatic rings. The highest BCUT2D eigenvalue weighted by molar-refractivity contribution is 5.95. The van der Waals surface area contributed by atoms with Gasteiger partial charge in [0.25, 0.3) is 5.91 Å². The SMILES string of the molecule is O=C(c1ccc2c(c1)OCO2)N1CCCN(C2Cc3ccccc3C2)CC1. The molecule has 0 spiro atoms. The average molecular weight is 364 g/mol. The summed E-state index contributed by atoms with van der Waals surface area (Å²) in [5, 5.41) is 0. The second-order valence-electron chi connectivity index (χ2n) is 7.58. The quantitative estimate of drug-likeness (QED) is 0.822. The fourth-order valence-electron chi connectivity index (χ4n) is 4.51. The lowest BCUT2D eigenvalue weighted by Crippen LogP contribution is -2.40. The van der Waals surface area contributed by atoms with Crippen LogP contribution in [0.15, 0.2) is 42.5 Å². The summed E-state index contributed by atoms with van der Waals surface area (Å²) in [5.41, 5.74) is 3.65. The highest BCUT2D eigenvalue weighted by atomic mass is 16.7. The van der Waals surface area contributed by atoms with Gasteiger partial charge in [0.15, 0.2) is 11.5 Å². The van der Waals surface area contributed by atoms with Crippen LogP contribution in [0.1, 0.15) is 27.9 Å². The second-order valence-corrected chi connectivity index (χ2v) is 7.58. The van der Waals surface area contributed by atoms with Crippen molar-refractivity contribution in [3.8, 4) is 11.5 Å². The van der Waals surface area contributed by atoms with Crippen LogP contribution in [0.5, 0.6) is 11.5 Å². The molecule has 5 nitrogen and oxygen atoms in total. The fourth-order valence-corrected chi connectivity index (χ4v) is 4.51. The number of carbonyl (C=O) groups is 1. The van der Waals surface area contributed by atoms with Crippen LogP contribution in [0.4, 0.5) is 0 Å². The summed E-state index contributed by atoms with van der Waals surface area (Å²) >= 11 is 0. The molecule has 0 saturated carbocycles. The van der Waals surface area contributed by atoms with Gasteiger partial charge in [0.2, 0.25) is 6.79 Å². The molecule has 1 fully saturated rings. The monoisotopic (exact) mass is 364 g/mol. The van der Waals surface area contributed by atoms with Crippen LogP contribution in [-0.2, 0) is 12.8 Å². The minimum absolute atomic E-state index is 0.0878. The van der Waals surface area contributed by atoms with Gasteiger partial charge in [0.1, 0.15) is 0 Å². The molecule has 5 heteroatoms. The maximum atomic E-state index is 13.0. The molecule has 1 aliphatic carbocycles. The Morgan fingerprint density at radius 1 is 0.889 bits per heavy atom. The molecule has 1 saturated heterocycles. The summed E-state index contributed by atoms with van der Waals surface area (Å²) < 4.78 is 10.8. The molecule has 1 amide bonds. The van der Waals surface area contributed by atoms with Crippen molar-refractivity contribution in [1.82, 2.24) is 9.80 Å². The van der Waals surface area contributed by atoms with Crippen molar-refractivity contribution in [2.75, 3.05) is 33.0 Å². The molecule has 0 atom stereocenters. The number of carbonyl (C=O) groups excluding carboxylic acids is 1. The van der Waals surface area contributed by atoms with Gasteiger partial charge in [-0.2, -0.15) is 0 Å². The van der Waals surface area contributed by atoms with E-state index in [0.717, 1.165) is 51.2 Å². The zero-order valence-electron chi connectivity index (χ0n) is 15.4. The number of ether oxygens (including phenoxy) is 2. The predicted molar refractivity (Wildman–Crippen MR) is 102 cm³/mol. The average Bonchev–Trinajstić information content (AvgIpc) is 3.27. The molecule has 2 aromatic carbocycles.